The number of likely N-dealkylation sites (tertiary alicyclic amines) is 1. The Morgan fingerprint density at radius 3 is 2.71 bits per heavy atom. The van der Waals surface area contributed by atoms with Gasteiger partial charge in [0.05, 0.1) is 11.4 Å². The van der Waals surface area contributed by atoms with Crippen molar-refractivity contribution in [2.45, 2.75) is 37.6 Å². The van der Waals surface area contributed by atoms with Crippen LogP contribution in [0.25, 0.3) is 5.69 Å². The van der Waals surface area contributed by atoms with Crippen molar-refractivity contribution in [2.24, 2.45) is 0 Å². The zero-order valence-corrected chi connectivity index (χ0v) is 14.0. The zero-order valence-electron chi connectivity index (χ0n) is 14.0. The molecule has 2 heterocycles. The topological polar surface area (TPSA) is 63.1 Å². The third-order valence-corrected chi connectivity index (χ3v) is 5.05. The molecule has 1 amide bonds. The predicted octanol–water partition coefficient (Wildman–Crippen LogP) is 1.97. The Labute approximate surface area is 141 Å². The van der Waals surface area contributed by atoms with Gasteiger partial charge in [-0.25, -0.2) is 4.68 Å². The average Bonchev–Trinajstić information content (AvgIpc) is 3.21. The van der Waals surface area contributed by atoms with Crippen LogP contribution in [-0.2, 0) is 0 Å². The molecule has 2 aliphatic rings. The van der Waals surface area contributed by atoms with Crippen molar-refractivity contribution in [2.75, 3.05) is 20.1 Å². The van der Waals surface area contributed by atoms with Gasteiger partial charge in [0, 0.05) is 18.5 Å². The number of para-hydroxylation sites is 1. The van der Waals surface area contributed by atoms with Gasteiger partial charge in [0.2, 0.25) is 0 Å². The summed E-state index contributed by atoms with van der Waals surface area (Å²) in [6.07, 6.45) is 4.55. The van der Waals surface area contributed by atoms with E-state index in [1.54, 1.807) is 0 Å². The van der Waals surface area contributed by atoms with Gasteiger partial charge in [-0.1, -0.05) is 23.4 Å². The molecule has 0 bridgehead atoms. The van der Waals surface area contributed by atoms with Crippen LogP contribution in [0.1, 0.15) is 47.8 Å². The maximum atomic E-state index is 12.7. The van der Waals surface area contributed by atoms with E-state index in [0.717, 1.165) is 37.2 Å². The van der Waals surface area contributed by atoms with E-state index in [2.05, 4.69) is 27.6 Å². The maximum absolute atomic E-state index is 12.7. The second-order valence-corrected chi connectivity index (χ2v) is 6.83. The Kier molecular flexibility index (Phi) is 4.06. The molecule has 0 spiro atoms. The quantitative estimate of drug-likeness (QED) is 0.913. The molecule has 4 rings (SSSR count). The highest BCUT2D eigenvalue weighted by Gasteiger charge is 2.34. The number of carbonyl (C=O) groups excluding carboxylic acids is 1. The second kappa shape index (κ2) is 6.36. The highest BCUT2D eigenvalue weighted by atomic mass is 16.2. The second-order valence-electron chi connectivity index (χ2n) is 6.83. The van der Waals surface area contributed by atoms with Crippen LogP contribution in [0.3, 0.4) is 0 Å². The van der Waals surface area contributed by atoms with Crippen molar-refractivity contribution in [1.29, 1.82) is 0 Å². The molecule has 1 N–H and O–H groups in total. The number of likely N-dealkylation sites (N-methyl/N-ethyl adjacent to an activating group) is 1. The van der Waals surface area contributed by atoms with Gasteiger partial charge in [0.25, 0.3) is 5.91 Å². The normalized spacial score (nSPS) is 21.1. The minimum Gasteiger partial charge on any atom is -0.349 e. The first-order chi connectivity index (χ1) is 11.7. The number of amides is 1. The monoisotopic (exact) mass is 325 g/mol. The molecular weight excluding hydrogens is 302 g/mol. The lowest BCUT2D eigenvalue weighted by Crippen LogP contribution is -2.38. The van der Waals surface area contributed by atoms with Crippen LogP contribution in [0.4, 0.5) is 0 Å². The summed E-state index contributed by atoms with van der Waals surface area (Å²) in [5.41, 5.74) is 2.40. The van der Waals surface area contributed by atoms with Gasteiger partial charge in [0.1, 0.15) is 0 Å². The Hall–Kier alpha value is -2.21. The van der Waals surface area contributed by atoms with Crippen molar-refractivity contribution >= 4 is 5.91 Å². The number of carbonyl (C=O) groups is 1. The van der Waals surface area contributed by atoms with E-state index in [4.69, 9.17) is 0 Å². The molecule has 126 valence electrons. The summed E-state index contributed by atoms with van der Waals surface area (Å²) in [6.45, 7) is 1.79. The standard InChI is InChI=1S/C18H23N5O/c1-22-11-5-8-15(22)12-19-18(24)16-17(13-9-10-13)23(21-20-16)14-6-3-2-4-7-14/h2-4,6-7,13,15H,5,8-12H2,1H3,(H,19,24)/t15-/m1/s1. The summed E-state index contributed by atoms with van der Waals surface area (Å²) >= 11 is 0. The Morgan fingerprint density at radius 1 is 1.25 bits per heavy atom. The number of nitrogens with one attached hydrogen (secondary N) is 1. The highest BCUT2D eigenvalue weighted by molar-refractivity contribution is 5.93. The first kappa shape index (κ1) is 15.3. The number of hydrogen-bond acceptors (Lipinski definition) is 4. The highest BCUT2D eigenvalue weighted by Crippen LogP contribution is 2.41. The molecule has 0 radical (unpaired) electrons. The third-order valence-electron chi connectivity index (χ3n) is 5.05. The first-order valence-corrected chi connectivity index (χ1v) is 8.73. The number of rotatable bonds is 5. The van der Waals surface area contributed by atoms with Gasteiger partial charge in [-0.2, -0.15) is 0 Å². The number of nitrogens with zero attached hydrogens (tertiary/aromatic N) is 4. The van der Waals surface area contributed by atoms with Crippen LogP contribution >= 0.6 is 0 Å². The van der Waals surface area contributed by atoms with Crippen LogP contribution in [0, 0.1) is 0 Å². The Morgan fingerprint density at radius 2 is 2.04 bits per heavy atom. The lowest BCUT2D eigenvalue weighted by Gasteiger charge is -2.19. The summed E-state index contributed by atoms with van der Waals surface area (Å²) < 4.78 is 1.83. The number of hydrogen-bond donors (Lipinski definition) is 1. The average molecular weight is 325 g/mol. The van der Waals surface area contributed by atoms with Crippen LogP contribution in [0.15, 0.2) is 30.3 Å². The molecule has 1 atom stereocenters. The number of aromatic nitrogens is 3. The maximum Gasteiger partial charge on any atom is 0.273 e. The van der Waals surface area contributed by atoms with Crippen molar-refractivity contribution < 1.29 is 4.79 Å². The lowest BCUT2D eigenvalue weighted by molar-refractivity contribution is 0.0937. The molecule has 0 unspecified atom stereocenters. The summed E-state index contributed by atoms with van der Waals surface area (Å²) in [7, 11) is 2.12. The SMILES string of the molecule is CN1CCC[C@@H]1CNC(=O)c1nnn(-c2ccccc2)c1C1CC1. The van der Waals surface area contributed by atoms with E-state index in [1.807, 2.05) is 35.0 Å². The summed E-state index contributed by atoms with van der Waals surface area (Å²) in [6, 6.07) is 10.4. The van der Waals surface area contributed by atoms with Crippen molar-refractivity contribution in [1.82, 2.24) is 25.2 Å². The van der Waals surface area contributed by atoms with Crippen molar-refractivity contribution in [3.8, 4) is 5.69 Å². The van der Waals surface area contributed by atoms with Gasteiger partial charge in [0.15, 0.2) is 5.69 Å². The fourth-order valence-corrected chi connectivity index (χ4v) is 3.47. The molecule has 1 aromatic carbocycles. The molecule has 1 aliphatic carbocycles. The molecule has 1 saturated carbocycles. The molecule has 1 aliphatic heterocycles. The fourth-order valence-electron chi connectivity index (χ4n) is 3.47. The van der Waals surface area contributed by atoms with E-state index < -0.39 is 0 Å². The number of benzene rings is 1. The molecule has 1 aromatic heterocycles. The van der Waals surface area contributed by atoms with E-state index in [-0.39, 0.29) is 5.91 Å². The van der Waals surface area contributed by atoms with E-state index in [1.165, 1.54) is 6.42 Å². The Bertz CT molecular complexity index is 722. The van der Waals surface area contributed by atoms with Crippen LogP contribution in [0.5, 0.6) is 0 Å². The summed E-state index contributed by atoms with van der Waals surface area (Å²) in [5.74, 6) is 0.300. The van der Waals surface area contributed by atoms with Gasteiger partial charge in [-0.3, -0.25) is 4.79 Å². The molecule has 2 fully saturated rings. The van der Waals surface area contributed by atoms with E-state index in [9.17, 15) is 4.79 Å². The van der Waals surface area contributed by atoms with Gasteiger partial charge < -0.3 is 10.2 Å². The molecule has 24 heavy (non-hydrogen) atoms. The zero-order chi connectivity index (χ0) is 16.5. The third kappa shape index (κ3) is 2.94. The molecule has 2 aromatic rings. The molecule has 6 nitrogen and oxygen atoms in total. The molecule has 1 saturated heterocycles. The molecule has 6 heteroatoms. The predicted molar refractivity (Wildman–Crippen MR) is 91.3 cm³/mol. The van der Waals surface area contributed by atoms with Crippen LogP contribution in [0.2, 0.25) is 0 Å². The van der Waals surface area contributed by atoms with Crippen LogP contribution < -0.4 is 5.32 Å². The van der Waals surface area contributed by atoms with Crippen molar-refractivity contribution in [3.05, 3.63) is 41.7 Å². The first-order valence-electron chi connectivity index (χ1n) is 8.73. The van der Waals surface area contributed by atoms with Gasteiger partial charge in [-0.05, 0) is 51.4 Å². The minimum absolute atomic E-state index is 0.0978. The minimum atomic E-state index is -0.0978. The van der Waals surface area contributed by atoms with Gasteiger partial charge >= 0.3 is 0 Å². The van der Waals surface area contributed by atoms with Gasteiger partial charge in [-0.15, -0.1) is 5.10 Å². The Balaban J connectivity index is 1.54. The van der Waals surface area contributed by atoms with Crippen LogP contribution in [-0.4, -0.2) is 52.0 Å². The summed E-state index contributed by atoms with van der Waals surface area (Å²) in [4.78, 5) is 15.0. The fraction of sp³-hybridized carbons (Fsp3) is 0.500. The van der Waals surface area contributed by atoms with E-state index >= 15 is 0 Å². The largest absolute Gasteiger partial charge is 0.349 e. The summed E-state index contributed by atoms with van der Waals surface area (Å²) in [5, 5.41) is 11.5. The van der Waals surface area contributed by atoms with Crippen molar-refractivity contribution in [3.63, 3.8) is 0 Å². The molecular formula is C18H23N5O. The van der Waals surface area contributed by atoms with E-state index in [0.29, 0.717) is 24.2 Å². The lowest BCUT2D eigenvalue weighted by atomic mass is 10.2. The smallest absolute Gasteiger partial charge is 0.273 e.